The summed E-state index contributed by atoms with van der Waals surface area (Å²) < 4.78 is 12.0. The summed E-state index contributed by atoms with van der Waals surface area (Å²) in [7, 11) is 0. The molecule has 0 aliphatic carbocycles. The van der Waals surface area contributed by atoms with Crippen LogP contribution in [0.5, 0.6) is 0 Å². The lowest BCUT2D eigenvalue weighted by molar-refractivity contribution is 0.122. The summed E-state index contributed by atoms with van der Waals surface area (Å²) in [6.07, 6.45) is 1.71. The first-order chi connectivity index (χ1) is 8.84. The average molecular weight is 308 g/mol. The molecule has 0 unspecified atom stereocenters. The van der Waals surface area contributed by atoms with E-state index in [9.17, 15) is 0 Å². The molecule has 2 heterocycles. The molecule has 0 radical (unpaired) electrons. The minimum atomic E-state index is 0.785. The number of rotatable bonds is 2. The maximum Gasteiger partial charge on any atom is 0.135 e. The van der Waals surface area contributed by atoms with Crippen LogP contribution in [0, 0.1) is 0 Å². The second-order valence-corrected chi connectivity index (χ2v) is 5.15. The van der Waals surface area contributed by atoms with Gasteiger partial charge in [-0.1, -0.05) is 15.9 Å². The van der Waals surface area contributed by atoms with Crippen molar-refractivity contribution in [1.29, 1.82) is 0 Å². The molecule has 3 rings (SSSR count). The molecule has 1 aliphatic rings. The number of morpholine rings is 1. The summed E-state index contributed by atoms with van der Waals surface area (Å²) >= 11 is 3.52. The molecule has 1 fully saturated rings. The number of hydrogen-bond acceptors (Lipinski definition) is 3. The van der Waals surface area contributed by atoms with Crippen LogP contribution in [0.4, 0.5) is 5.69 Å². The van der Waals surface area contributed by atoms with Crippen LogP contribution in [0.2, 0.25) is 0 Å². The minimum absolute atomic E-state index is 0.785. The van der Waals surface area contributed by atoms with Crippen LogP contribution >= 0.6 is 15.9 Å². The zero-order valence-corrected chi connectivity index (χ0v) is 11.5. The van der Waals surface area contributed by atoms with Crippen LogP contribution in [-0.4, -0.2) is 26.3 Å². The van der Waals surface area contributed by atoms with E-state index in [4.69, 9.17) is 9.15 Å². The van der Waals surface area contributed by atoms with E-state index in [1.165, 1.54) is 5.69 Å². The second kappa shape index (κ2) is 5.16. The molecule has 1 saturated heterocycles. The van der Waals surface area contributed by atoms with Gasteiger partial charge in [0.2, 0.25) is 0 Å². The van der Waals surface area contributed by atoms with E-state index in [2.05, 4.69) is 39.0 Å². The molecule has 0 N–H and O–H groups in total. The van der Waals surface area contributed by atoms with Gasteiger partial charge in [-0.05, 0) is 30.3 Å². The molecule has 4 heteroatoms. The number of ether oxygens (including phenoxy) is 1. The normalized spacial score (nSPS) is 15.9. The lowest BCUT2D eigenvalue weighted by Gasteiger charge is -2.30. The van der Waals surface area contributed by atoms with Crippen molar-refractivity contribution in [3.8, 4) is 11.3 Å². The fourth-order valence-electron chi connectivity index (χ4n) is 2.22. The van der Waals surface area contributed by atoms with E-state index < -0.39 is 0 Å². The lowest BCUT2D eigenvalue weighted by atomic mass is 10.1. The molecule has 2 aromatic rings. The maximum absolute atomic E-state index is 5.53. The highest BCUT2D eigenvalue weighted by Gasteiger charge is 2.17. The minimum Gasteiger partial charge on any atom is -0.464 e. The van der Waals surface area contributed by atoms with Gasteiger partial charge in [0.1, 0.15) is 5.76 Å². The van der Waals surface area contributed by atoms with E-state index in [1.54, 1.807) is 6.26 Å². The number of hydrogen-bond donors (Lipinski definition) is 0. The Bertz CT molecular complexity index is 519. The van der Waals surface area contributed by atoms with Gasteiger partial charge in [-0.3, -0.25) is 0 Å². The van der Waals surface area contributed by atoms with E-state index in [0.717, 1.165) is 42.1 Å². The first-order valence-electron chi connectivity index (χ1n) is 6.01. The van der Waals surface area contributed by atoms with Crippen molar-refractivity contribution >= 4 is 21.6 Å². The monoisotopic (exact) mass is 307 g/mol. The van der Waals surface area contributed by atoms with Crippen molar-refractivity contribution in [3.05, 3.63) is 41.1 Å². The largest absolute Gasteiger partial charge is 0.464 e. The molecule has 0 amide bonds. The Labute approximate surface area is 114 Å². The molecule has 94 valence electrons. The van der Waals surface area contributed by atoms with Crippen LogP contribution in [0.15, 0.2) is 45.5 Å². The van der Waals surface area contributed by atoms with Crippen molar-refractivity contribution in [3.63, 3.8) is 0 Å². The van der Waals surface area contributed by atoms with Gasteiger partial charge in [0.25, 0.3) is 0 Å². The third-order valence-corrected chi connectivity index (χ3v) is 3.59. The zero-order chi connectivity index (χ0) is 12.4. The summed E-state index contributed by atoms with van der Waals surface area (Å²) in [5, 5.41) is 0. The van der Waals surface area contributed by atoms with Crippen molar-refractivity contribution in [2.24, 2.45) is 0 Å². The van der Waals surface area contributed by atoms with E-state index in [0.29, 0.717) is 0 Å². The van der Waals surface area contributed by atoms with Gasteiger partial charge >= 0.3 is 0 Å². The Balaban J connectivity index is 2.02. The fourth-order valence-corrected chi connectivity index (χ4v) is 2.58. The Hall–Kier alpha value is -1.26. The lowest BCUT2D eigenvalue weighted by Crippen LogP contribution is -2.36. The van der Waals surface area contributed by atoms with Crippen LogP contribution in [0.25, 0.3) is 11.3 Å². The molecule has 1 aromatic heterocycles. The molecule has 1 aromatic carbocycles. The number of anilines is 1. The van der Waals surface area contributed by atoms with Gasteiger partial charge in [-0.2, -0.15) is 0 Å². The third-order valence-electron chi connectivity index (χ3n) is 3.10. The standard InChI is InChI=1S/C14H14BrNO2/c15-11-3-4-13(16-5-8-17-9-6-16)12(10-11)14-2-1-7-18-14/h1-4,7,10H,5-6,8-9H2. The Morgan fingerprint density at radius 1 is 1.11 bits per heavy atom. The summed E-state index contributed by atoms with van der Waals surface area (Å²) in [6, 6.07) is 10.2. The van der Waals surface area contributed by atoms with Gasteiger partial charge in [0.05, 0.1) is 19.5 Å². The van der Waals surface area contributed by atoms with Crippen molar-refractivity contribution < 1.29 is 9.15 Å². The van der Waals surface area contributed by atoms with Gasteiger partial charge < -0.3 is 14.1 Å². The number of benzene rings is 1. The molecular weight excluding hydrogens is 294 g/mol. The predicted octanol–water partition coefficient (Wildman–Crippen LogP) is 3.55. The molecule has 0 saturated carbocycles. The van der Waals surface area contributed by atoms with E-state index in [-0.39, 0.29) is 0 Å². The van der Waals surface area contributed by atoms with Crippen molar-refractivity contribution in [2.75, 3.05) is 31.2 Å². The summed E-state index contributed by atoms with van der Waals surface area (Å²) in [5.41, 5.74) is 2.33. The maximum atomic E-state index is 5.53. The van der Waals surface area contributed by atoms with Gasteiger partial charge in [-0.25, -0.2) is 0 Å². The molecule has 1 aliphatic heterocycles. The predicted molar refractivity (Wildman–Crippen MR) is 74.9 cm³/mol. The van der Waals surface area contributed by atoms with Crippen LogP contribution in [0.1, 0.15) is 0 Å². The van der Waals surface area contributed by atoms with Crippen LogP contribution in [0.3, 0.4) is 0 Å². The first kappa shape index (κ1) is 11.8. The van der Waals surface area contributed by atoms with Crippen LogP contribution < -0.4 is 4.90 Å². The average Bonchev–Trinajstić information content (AvgIpc) is 2.93. The van der Waals surface area contributed by atoms with Crippen LogP contribution in [-0.2, 0) is 4.74 Å². The van der Waals surface area contributed by atoms with Gasteiger partial charge in [-0.15, -0.1) is 0 Å². The number of halogens is 1. The molecule has 18 heavy (non-hydrogen) atoms. The topological polar surface area (TPSA) is 25.6 Å². The summed E-state index contributed by atoms with van der Waals surface area (Å²) in [6.45, 7) is 3.42. The second-order valence-electron chi connectivity index (χ2n) is 4.24. The molecule has 0 atom stereocenters. The molecule has 0 spiro atoms. The molecular formula is C14H14BrNO2. The highest BCUT2D eigenvalue weighted by Crippen LogP contribution is 2.34. The quantitative estimate of drug-likeness (QED) is 0.848. The van der Waals surface area contributed by atoms with Gasteiger partial charge in [0, 0.05) is 28.8 Å². The highest BCUT2D eigenvalue weighted by atomic mass is 79.9. The zero-order valence-electron chi connectivity index (χ0n) is 9.93. The van der Waals surface area contributed by atoms with Crippen molar-refractivity contribution in [1.82, 2.24) is 0 Å². The Kier molecular flexibility index (Phi) is 3.39. The third kappa shape index (κ3) is 2.31. The SMILES string of the molecule is Brc1ccc(N2CCOCC2)c(-c2ccco2)c1. The summed E-state index contributed by atoms with van der Waals surface area (Å²) in [5.74, 6) is 0.901. The highest BCUT2D eigenvalue weighted by molar-refractivity contribution is 9.10. The van der Waals surface area contributed by atoms with Gasteiger partial charge in [0.15, 0.2) is 0 Å². The number of furan rings is 1. The Morgan fingerprint density at radius 3 is 2.67 bits per heavy atom. The van der Waals surface area contributed by atoms with E-state index in [1.807, 2.05) is 12.1 Å². The van der Waals surface area contributed by atoms with Crippen molar-refractivity contribution in [2.45, 2.75) is 0 Å². The first-order valence-corrected chi connectivity index (χ1v) is 6.80. The Morgan fingerprint density at radius 2 is 1.94 bits per heavy atom. The smallest absolute Gasteiger partial charge is 0.135 e. The summed E-state index contributed by atoms with van der Waals surface area (Å²) in [4.78, 5) is 2.34. The molecule has 0 bridgehead atoms. The van der Waals surface area contributed by atoms with E-state index >= 15 is 0 Å². The fraction of sp³-hybridized carbons (Fsp3) is 0.286. The molecule has 3 nitrogen and oxygen atoms in total. The number of nitrogens with zero attached hydrogens (tertiary/aromatic N) is 1.